The number of rotatable bonds is 11. The van der Waals surface area contributed by atoms with Crippen LogP contribution in [0.25, 0.3) is 10.6 Å². The summed E-state index contributed by atoms with van der Waals surface area (Å²) in [5.41, 5.74) is 3.94. The van der Waals surface area contributed by atoms with Crippen LogP contribution in [0.15, 0.2) is 36.4 Å². The smallest absolute Gasteiger partial charge is 0.208 e. The molecule has 0 bridgehead atoms. The molecule has 8 heteroatoms. The molecular formula is C24H30ClN3O3S. The first kappa shape index (κ1) is 24.5. The van der Waals surface area contributed by atoms with Crippen molar-refractivity contribution in [1.29, 1.82) is 0 Å². The zero-order chi connectivity index (χ0) is 23.1. The Kier molecular flexibility index (Phi) is 8.87. The first-order chi connectivity index (χ1) is 15.4. The molecule has 0 saturated carbocycles. The van der Waals surface area contributed by atoms with Gasteiger partial charge in [-0.15, -0.1) is 10.2 Å². The Labute approximate surface area is 198 Å². The lowest BCUT2D eigenvalue weighted by Gasteiger charge is -2.21. The van der Waals surface area contributed by atoms with Crippen molar-refractivity contribution in [3.05, 3.63) is 58.1 Å². The Hall–Kier alpha value is -2.19. The average Bonchev–Trinajstić information content (AvgIpc) is 3.27. The molecule has 0 unspecified atom stereocenters. The van der Waals surface area contributed by atoms with Crippen molar-refractivity contribution in [2.45, 2.75) is 46.3 Å². The molecule has 0 radical (unpaired) electrons. The lowest BCUT2D eigenvalue weighted by atomic mass is 10.1. The highest BCUT2D eigenvalue weighted by molar-refractivity contribution is 7.18. The molecule has 172 valence electrons. The van der Waals surface area contributed by atoms with Gasteiger partial charge >= 0.3 is 0 Å². The Morgan fingerprint density at radius 3 is 2.53 bits per heavy atom. The number of aromatic nitrogens is 2. The highest BCUT2D eigenvalue weighted by Gasteiger charge is 2.17. The monoisotopic (exact) mass is 475 g/mol. The maximum atomic E-state index is 9.57. The third-order valence-electron chi connectivity index (χ3n) is 5.12. The fourth-order valence-electron chi connectivity index (χ4n) is 3.42. The summed E-state index contributed by atoms with van der Waals surface area (Å²) in [5, 5.41) is 30.0. The highest BCUT2D eigenvalue weighted by Crippen LogP contribution is 2.34. The number of unbranched alkanes of at least 4 members (excludes halogenated alkanes) is 1. The van der Waals surface area contributed by atoms with Gasteiger partial charge in [0.1, 0.15) is 23.5 Å². The molecule has 0 fully saturated rings. The van der Waals surface area contributed by atoms with Crippen molar-refractivity contribution in [3.8, 4) is 16.3 Å². The van der Waals surface area contributed by atoms with E-state index >= 15 is 0 Å². The number of aryl methyl sites for hydroxylation is 2. The van der Waals surface area contributed by atoms with Crippen LogP contribution < -0.4 is 9.64 Å². The number of ether oxygens (including phenoxy) is 1. The minimum absolute atomic E-state index is 0.0505. The van der Waals surface area contributed by atoms with Gasteiger partial charge in [-0.2, -0.15) is 0 Å². The average molecular weight is 476 g/mol. The third-order valence-corrected chi connectivity index (χ3v) is 6.53. The summed E-state index contributed by atoms with van der Waals surface area (Å²) >= 11 is 7.96. The molecule has 3 rings (SSSR count). The van der Waals surface area contributed by atoms with E-state index in [2.05, 4.69) is 22.0 Å². The van der Waals surface area contributed by atoms with E-state index in [9.17, 15) is 5.11 Å². The van der Waals surface area contributed by atoms with E-state index in [0.717, 1.165) is 56.8 Å². The Balaban J connectivity index is 1.82. The molecule has 0 aliphatic carbocycles. The molecule has 1 aromatic heterocycles. The molecular weight excluding hydrogens is 446 g/mol. The van der Waals surface area contributed by atoms with Crippen molar-refractivity contribution in [2.24, 2.45) is 0 Å². The van der Waals surface area contributed by atoms with Gasteiger partial charge in [0.25, 0.3) is 0 Å². The van der Waals surface area contributed by atoms with Gasteiger partial charge in [0.15, 0.2) is 0 Å². The highest BCUT2D eigenvalue weighted by atomic mass is 35.5. The number of hydrogen-bond donors (Lipinski definition) is 2. The number of halogens is 1. The van der Waals surface area contributed by atoms with Crippen LogP contribution in [-0.2, 0) is 6.54 Å². The number of aliphatic hydroxyl groups excluding tert-OH is 2. The zero-order valence-corrected chi connectivity index (χ0v) is 20.3. The predicted molar refractivity (Wildman–Crippen MR) is 131 cm³/mol. The van der Waals surface area contributed by atoms with Crippen LogP contribution in [0, 0.1) is 13.8 Å². The summed E-state index contributed by atoms with van der Waals surface area (Å²) in [6.45, 7) is 7.39. The maximum Gasteiger partial charge on any atom is 0.208 e. The van der Waals surface area contributed by atoms with Gasteiger partial charge in [-0.3, -0.25) is 0 Å². The molecule has 6 nitrogen and oxygen atoms in total. The van der Waals surface area contributed by atoms with Gasteiger partial charge in [-0.05, 0) is 55.2 Å². The number of aliphatic hydroxyl groups is 2. The lowest BCUT2D eigenvalue weighted by molar-refractivity contribution is 0.0532. The molecule has 2 aromatic carbocycles. The molecule has 0 amide bonds. The topological polar surface area (TPSA) is 78.7 Å². The number of benzene rings is 2. The number of hydrogen-bond acceptors (Lipinski definition) is 7. The van der Waals surface area contributed by atoms with Crippen LogP contribution in [0.1, 0.15) is 36.5 Å². The van der Waals surface area contributed by atoms with Crippen LogP contribution in [0.3, 0.4) is 0 Å². The van der Waals surface area contributed by atoms with Gasteiger partial charge < -0.3 is 19.8 Å². The number of nitrogens with zero attached hydrogens (tertiary/aromatic N) is 3. The van der Waals surface area contributed by atoms with E-state index in [4.69, 9.17) is 21.4 Å². The van der Waals surface area contributed by atoms with Crippen molar-refractivity contribution in [1.82, 2.24) is 10.2 Å². The van der Waals surface area contributed by atoms with E-state index in [0.29, 0.717) is 12.3 Å². The second kappa shape index (κ2) is 11.6. The third kappa shape index (κ3) is 6.19. The Bertz CT molecular complexity index is 1000. The molecule has 32 heavy (non-hydrogen) atoms. The number of anilines is 1. The normalized spacial score (nSPS) is 12.1. The van der Waals surface area contributed by atoms with Crippen LogP contribution in [-0.4, -0.2) is 46.3 Å². The molecule has 0 saturated heterocycles. The SMILES string of the molecule is CCCCN(Cc1ccccc1Cl)c1nnc(-c2cc(C)c(OC[C@@H](O)CO)c(C)c2)s1. The van der Waals surface area contributed by atoms with Crippen molar-refractivity contribution >= 4 is 28.1 Å². The molecule has 0 aliphatic rings. The van der Waals surface area contributed by atoms with Gasteiger partial charge in [0.2, 0.25) is 5.13 Å². The lowest BCUT2D eigenvalue weighted by Crippen LogP contribution is -2.23. The molecule has 1 heterocycles. The van der Waals surface area contributed by atoms with E-state index < -0.39 is 6.10 Å². The minimum Gasteiger partial charge on any atom is -0.490 e. The summed E-state index contributed by atoms with van der Waals surface area (Å²) in [6, 6.07) is 11.9. The fourth-order valence-corrected chi connectivity index (χ4v) is 4.47. The van der Waals surface area contributed by atoms with Crippen LogP contribution >= 0.6 is 22.9 Å². The summed E-state index contributed by atoms with van der Waals surface area (Å²) in [4.78, 5) is 2.24. The molecule has 3 aromatic rings. The minimum atomic E-state index is -0.897. The van der Waals surface area contributed by atoms with E-state index in [1.54, 1.807) is 11.3 Å². The first-order valence-electron chi connectivity index (χ1n) is 10.8. The van der Waals surface area contributed by atoms with Crippen molar-refractivity contribution in [3.63, 3.8) is 0 Å². The summed E-state index contributed by atoms with van der Waals surface area (Å²) in [6.07, 6.45) is 1.25. The van der Waals surface area contributed by atoms with Crippen LogP contribution in [0.5, 0.6) is 5.75 Å². The van der Waals surface area contributed by atoms with Gasteiger partial charge in [0, 0.05) is 23.7 Å². The van der Waals surface area contributed by atoms with Gasteiger partial charge in [0.05, 0.1) is 6.61 Å². The molecule has 0 aliphatic heterocycles. The Morgan fingerprint density at radius 1 is 1.16 bits per heavy atom. The van der Waals surface area contributed by atoms with Crippen molar-refractivity contribution in [2.75, 3.05) is 24.7 Å². The molecule has 0 spiro atoms. The van der Waals surface area contributed by atoms with Gasteiger partial charge in [-0.25, -0.2) is 0 Å². The van der Waals surface area contributed by atoms with E-state index in [1.165, 1.54) is 0 Å². The first-order valence-corrected chi connectivity index (χ1v) is 12.0. The van der Waals surface area contributed by atoms with Crippen LogP contribution in [0.4, 0.5) is 5.13 Å². The fraction of sp³-hybridized carbons (Fsp3) is 0.417. The summed E-state index contributed by atoms with van der Waals surface area (Å²) < 4.78 is 5.71. The summed E-state index contributed by atoms with van der Waals surface area (Å²) in [7, 11) is 0. The van der Waals surface area contributed by atoms with Gasteiger partial charge in [-0.1, -0.05) is 54.5 Å². The van der Waals surface area contributed by atoms with Crippen LogP contribution in [0.2, 0.25) is 5.02 Å². The second-order valence-electron chi connectivity index (χ2n) is 7.84. The molecule has 1 atom stereocenters. The zero-order valence-electron chi connectivity index (χ0n) is 18.7. The molecule has 2 N–H and O–H groups in total. The summed E-state index contributed by atoms with van der Waals surface area (Å²) in [5.74, 6) is 0.717. The second-order valence-corrected chi connectivity index (χ2v) is 9.21. The largest absolute Gasteiger partial charge is 0.490 e. The van der Waals surface area contributed by atoms with E-state index in [1.807, 2.05) is 50.2 Å². The predicted octanol–water partition coefficient (Wildman–Crippen LogP) is 5.01. The van der Waals surface area contributed by atoms with Crippen molar-refractivity contribution < 1.29 is 14.9 Å². The van der Waals surface area contributed by atoms with E-state index in [-0.39, 0.29) is 13.2 Å². The maximum absolute atomic E-state index is 9.57. The standard InChI is InChI=1S/C24H30ClN3O3S/c1-4-5-10-28(13-18-8-6-7-9-21(18)25)24-27-26-23(32-24)19-11-16(2)22(17(3)12-19)31-15-20(30)14-29/h6-9,11-12,20,29-30H,4-5,10,13-15H2,1-3H3/t20-/m0/s1. The Morgan fingerprint density at radius 2 is 1.88 bits per heavy atom. The quantitative estimate of drug-likeness (QED) is 0.405.